The normalized spacial score (nSPS) is 17.8. The molecule has 0 aromatic heterocycles. The van der Waals surface area contributed by atoms with E-state index in [0.717, 1.165) is 5.56 Å². The van der Waals surface area contributed by atoms with Gasteiger partial charge in [-0.2, -0.15) is 0 Å². The van der Waals surface area contributed by atoms with Crippen LogP contribution in [-0.2, 0) is 6.42 Å². The summed E-state index contributed by atoms with van der Waals surface area (Å²) in [5, 5.41) is 19.1. The lowest BCUT2D eigenvalue weighted by Gasteiger charge is -2.26. The Labute approximate surface area is 78.8 Å². The molecule has 0 spiro atoms. The summed E-state index contributed by atoms with van der Waals surface area (Å²) in [6, 6.07) is 9.66. The van der Waals surface area contributed by atoms with Crippen molar-refractivity contribution in [3.8, 4) is 0 Å². The minimum atomic E-state index is -1.04. The topological polar surface area (TPSA) is 40.5 Å². The van der Waals surface area contributed by atoms with Crippen molar-refractivity contribution in [3.63, 3.8) is 0 Å². The largest absolute Gasteiger partial charge is 0.390 e. The van der Waals surface area contributed by atoms with Gasteiger partial charge in [0.05, 0.1) is 11.7 Å². The van der Waals surface area contributed by atoms with Gasteiger partial charge in [-0.1, -0.05) is 30.3 Å². The molecule has 1 rings (SSSR count). The van der Waals surface area contributed by atoms with Crippen LogP contribution < -0.4 is 0 Å². The Balaban J connectivity index is 2.69. The first-order valence-corrected chi connectivity index (χ1v) is 4.47. The molecular weight excluding hydrogens is 164 g/mol. The predicted octanol–water partition coefficient (Wildman–Crippen LogP) is 1.36. The van der Waals surface area contributed by atoms with E-state index in [1.165, 1.54) is 0 Å². The van der Waals surface area contributed by atoms with Gasteiger partial charge in [-0.15, -0.1) is 0 Å². The van der Waals surface area contributed by atoms with Crippen LogP contribution in [-0.4, -0.2) is 21.9 Å². The Morgan fingerprint density at radius 3 is 2.31 bits per heavy atom. The second-order valence-corrected chi connectivity index (χ2v) is 3.70. The van der Waals surface area contributed by atoms with E-state index >= 15 is 0 Å². The lowest BCUT2D eigenvalue weighted by Crippen LogP contribution is -2.39. The lowest BCUT2D eigenvalue weighted by molar-refractivity contribution is -0.0512. The maximum atomic E-state index is 9.80. The van der Waals surface area contributed by atoms with E-state index in [2.05, 4.69) is 0 Å². The van der Waals surface area contributed by atoms with Crippen molar-refractivity contribution >= 4 is 0 Å². The Morgan fingerprint density at radius 1 is 1.31 bits per heavy atom. The van der Waals surface area contributed by atoms with Gasteiger partial charge in [0.25, 0.3) is 0 Å². The average molecular weight is 180 g/mol. The van der Waals surface area contributed by atoms with Gasteiger partial charge in [0, 0.05) is 6.42 Å². The number of hydrogen-bond acceptors (Lipinski definition) is 2. The summed E-state index contributed by atoms with van der Waals surface area (Å²) in [5.74, 6) is 0. The van der Waals surface area contributed by atoms with Gasteiger partial charge < -0.3 is 10.2 Å². The second kappa shape index (κ2) is 3.90. The zero-order valence-electron chi connectivity index (χ0n) is 8.07. The molecule has 0 saturated heterocycles. The second-order valence-electron chi connectivity index (χ2n) is 3.70. The molecule has 0 bridgehead atoms. The molecule has 1 aromatic carbocycles. The van der Waals surface area contributed by atoms with Crippen LogP contribution in [0.3, 0.4) is 0 Å². The van der Waals surface area contributed by atoms with E-state index in [9.17, 15) is 10.2 Å². The zero-order valence-corrected chi connectivity index (χ0v) is 8.07. The van der Waals surface area contributed by atoms with Crippen molar-refractivity contribution in [1.29, 1.82) is 0 Å². The predicted molar refractivity (Wildman–Crippen MR) is 52.5 cm³/mol. The third kappa shape index (κ3) is 2.83. The highest BCUT2D eigenvalue weighted by Gasteiger charge is 2.26. The Bertz CT molecular complexity index is 252. The minimum absolute atomic E-state index is 0.478. The first-order chi connectivity index (χ1) is 6.02. The van der Waals surface area contributed by atoms with Gasteiger partial charge in [0.15, 0.2) is 0 Å². The van der Waals surface area contributed by atoms with Crippen molar-refractivity contribution < 1.29 is 10.2 Å². The van der Waals surface area contributed by atoms with Crippen molar-refractivity contribution in [1.82, 2.24) is 0 Å². The van der Waals surface area contributed by atoms with Crippen LogP contribution in [0.5, 0.6) is 0 Å². The molecule has 0 fully saturated rings. The third-order valence-corrected chi connectivity index (χ3v) is 2.30. The Kier molecular flexibility index (Phi) is 3.07. The summed E-state index contributed by atoms with van der Waals surface area (Å²) in [7, 11) is 0. The molecule has 0 saturated carbocycles. The fraction of sp³-hybridized carbons (Fsp3) is 0.455. The zero-order chi connectivity index (χ0) is 9.90. The van der Waals surface area contributed by atoms with Crippen molar-refractivity contribution in [3.05, 3.63) is 35.9 Å². The summed E-state index contributed by atoms with van der Waals surface area (Å²) in [4.78, 5) is 0. The number of benzene rings is 1. The van der Waals surface area contributed by atoms with Gasteiger partial charge in [0.1, 0.15) is 0 Å². The van der Waals surface area contributed by atoms with E-state index in [1.54, 1.807) is 13.8 Å². The van der Waals surface area contributed by atoms with E-state index in [-0.39, 0.29) is 0 Å². The summed E-state index contributed by atoms with van der Waals surface area (Å²) in [6.07, 6.45) is -0.237. The van der Waals surface area contributed by atoms with Crippen LogP contribution in [0, 0.1) is 0 Å². The highest BCUT2D eigenvalue weighted by Crippen LogP contribution is 2.16. The number of aliphatic hydroxyl groups is 2. The highest BCUT2D eigenvalue weighted by molar-refractivity contribution is 5.17. The van der Waals surface area contributed by atoms with Crippen LogP contribution in [0.1, 0.15) is 19.4 Å². The minimum Gasteiger partial charge on any atom is -0.390 e. The molecule has 0 unspecified atom stereocenters. The number of aliphatic hydroxyl groups excluding tert-OH is 1. The van der Waals surface area contributed by atoms with E-state index in [1.807, 2.05) is 30.3 Å². The molecule has 0 amide bonds. The van der Waals surface area contributed by atoms with Gasteiger partial charge in [0.2, 0.25) is 0 Å². The van der Waals surface area contributed by atoms with Crippen molar-refractivity contribution in [2.75, 3.05) is 0 Å². The van der Waals surface area contributed by atoms with Crippen LogP contribution >= 0.6 is 0 Å². The van der Waals surface area contributed by atoms with Gasteiger partial charge in [-0.05, 0) is 19.4 Å². The Hall–Kier alpha value is -0.860. The SMILES string of the molecule is C[C@@H](O)[C@](C)(O)Cc1ccccc1. The summed E-state index contributed by atoms with van der Waals surface area (Å²) in [6.45, 7) is 3.24. The maximum Gasteiger partial charge on any atom is 0.0914 e. The molecule has 2 atom stereocenters. The molecule has 72 valence electrons. The molecule has 0 aliphatic rings. The Morgan fingerprint density at radius 2 is 1.85 bits per heavy atom. The lowest BCUT2D eigenvalue weighted by atomic mass is 9.92. The van der Waals surface area contributed by atoms with Crippen molar-refractivity contribution in [2.24, 2.45) is 0 Å². The van der Waals surface area contributed by atoms with Crippen LogP contribution in [0.4, 0.5) is 0 Å². The third-order valence-electron chi connectivity index (χ3n) is 2.30. The summed E-state index contributed by atoms with van der Waals surface area (Å²) < 4.78 is 0. The molecule has 2 N–H and O–H groups in total. The molecule has 0 aliphatic heterocycles. The van der Waals surface area contributed by atoms with Gasteiger partial charge in [-0.3, -0.25) is 0 Å². The maximum absolute atomic E-state index is 9.80. The van der Waals surface area contributed by atoms with Crippen LogP contribution in [0.15, 0.2) is 30.3 Å². The molecule has 0 aliphatic carbocycles. The first-order valence-electron chi connectivity index (χ1n) is 4.47. The monoisotopic (exact) mass is 180 g/mol. The molecule has 1 aromatic rings. The highest BCUT2D eigenvalue weighted by atomic mass is 16.3. The first kappa shape index (κ1) is 10.2. The van der Waals surface area contributed by atoms with Crippen LogP contribution in [0.25, 0.3) is 0 Å². The molecule has 13 heavy (non-hydrogen) atoms. The summed E-state index contributed by atoms with van der Waals surface area (Å²) >= 11 is 0. The summed E-state index contributed by atoms with van der Waals surface area (Å²) in [5.41, 5.74) is -0.00477. The van der Waals surface area contributed by atoms with Crippen molar-refractivity contribution in [2.45, 2.75) is 32.0 Å². The number of rotatable bonds is 3. The van der Waals surface area contributed by atoms with E-state index < -0.39 is 11.7 Å². The molecule has 0 heterocycles. The van der Waals surface area contributed by atoms with E-state index in [0.29, 0.717) is 6.42 Å². The molecule has 2 heteroatoms. The smallest absolute Gasteiger partial charge is 0.0914 e. The van der Waals surface area contributed by atoms with Crippen LogP contribution in [0.2, 0.25) is 0 Å². The fourth-order valence-corrected chi connectivity index (χ4v) is 1.16. The average Bonchev–Trinajstić information content (AvgIpc) is 2.05. The molecular formula is C11H16O2. The van der Waals surface area contributed by atoms with E-state index in [4.69, 9.17) is 0 Å². The standard InChI is InChI=1S/C11H16O2/c1-9(12)11(2,13)8-10-6-4-3-5-7-10/h3-7,9,12-13H,8H2,1-2H3/t9-,11-/m1/s1. The van der Waals surface area contributed by atoms with Gasteiger partial charge >= 0.3 is 0 Å². The fourth-order valence-electron chi connectivity index (χ4n) is 1.16. The molecule has 0 radical (unpaired) electrons. The quantitative estimate of drug-likeness (QED) is 0.737. The molecule has 2 nitrogen and oxygen atoms in total. The van der Waals surface area contributed by atoms with Gasteiger partial charge in [-0.25, -0.2) is 0 Å². The number of hydrogen-bond donors (Lipinski definition) is 2.